The van der Waals surface area contributed by atoms with Gasteiger partial charge in [-0.3, -0.25) is 9.98 Å². The van der Waals surface area contributed by atoms with Crippen molar-refractivity contribution in [1.82, 2.24) is 25.4 Å². The van der Waals surface area contributed by atoms with E-state index >= 15 is 0 Å². The van der Waals surface area contributed by atoms with E-state index in [0.29, 0.717) is 42.5 Å². The molecule has 0 aliphatic rings. The summed E-state index contributed by atoms with van der Waals surface area (Å²) in [6, 6.07) is 17.5. The Morgan fingerprint density at radius 3 is 2.66 bits per heavy atom. The second-order valence-corrected chi connectivity index (χ2v) is 6.34. The predicted molar refractivity (Wildman–Crippen MR) is 113 cm³/mol. The normalized spacial score (nSPS) is 11.1. The van der Waals surface area contributed by atoms with Crippen LogP contribution in [0.3, 0.4) is 0 Å². The van der Waals surface area contributed by atoms with Gasteiger partial charge in [0.15, 0.2) is 5.96 Å². The standard InChI is InChI=1S/C21H24N8/c1-24-21(27-15-16-8-5-6-12-25-16)26-13-7-11-19-18(14-22)20(23)29(28-19)17-9-3-2-4-10-17/h2-6,8-10,12H,7,11,13,15,23H2,1H3,(H2,24,26,27). The molecular formula is C21H24N8. The molecule has 1 aromatic carbocycles. The van der Waals surface area contributed by atoms with Crippen molar-refractivity contribution in [3.63, 3.8) is 0 Å². The lowest BCUT2D eigenvalue weighted by Crippen LogP contribution is -2.37. The number of hydrogen-bond donors (Lipinski definition) is 3. The van der Waals surface area contributed by atoms with Gasteiger partial charge in [0.05, 0.1) is 23.6 Å². The first-order valence-corrected chi connectivity index (χ1v) is 9.40. The van der Waals surface area contributed by atoms with Gasteiger partial charge in [0.25, 0.3) is 0 Å². The van der Waals surface area contributed by atoms with Crippen molar-refractivity contribution in [2.24, 2.45) is 4.99 Å². The Balaban J connectivity index is 1.54. The third-order valence-electron chi connectivity index (χ3n) is 4.38. The Labute approximate surface area is 170 Å². The largest absolute Gasteiger partial charge is 0.382 e. The summed E-state index contributed by atoms with van der Waals surface area (Å²) in [5.74, 6) is 1.07. The van der Waals surface area contributed by atoms with Gasteiger partial charge in [-0.1, -0.05) is 24.3 Å². The number of anilines is 1. The fraction of sp³-hybridized carbons (Fsp3) is 0.238. The fourth-order valence-corrected chi connectivity index (χ4v) is 2.90. The third kappa shape index (κ3) is 5.11. The van der Waals surface area contributed by atoms with Gasteiger partial charge in [-0.2, -0.15) is 10.4 Å². The topological polar surface area (TPSA) is 117 Å². The molecule has 148 valence electrons. The van der Waals surface area contributed by atoms with E-state index in [1.807, 2.05) is 48.5 Å². The number of nitriles is 1. The number of nitrogen functional groups attached to an aromatic ring is 1. The summed E-state index contributed by atoms with van der Waals surface area (Å²) in [4.78, 5) is 8.49. The summed E-state index contributed by atoms with van der Waals surface area (Å²) in [5, 5.41) is 20.5. The molecule has 2 aromatic heterocycles. The molecule has 29 heavy (non-hydrogen) atoms. The van der Waals surface area contributed by atoms with Gasteiger partial charge in [-0.05, 0) is 37.1 Å². The molecule has 0 bridgehead atoms. The van der Waals surface area contributed by atoms with Gasteiger partial charge in [-0.25, -0.2) is 4.68 Å². The second-order valence-electron chi connectivity index (χ2n) is 6.34. The number of pyridine rings is 1. The van der Waals surface area contributed by atoms with Gasteiger partial charge in [0, 0.05) is 19.8 Å². The van der Waals surface area contributed by atoms with Gasteiger partial charge < -0.3 is 16.4 Å². The highest BCUT2D eigenvalue weighted by atomic mass is 15.3. The quantitative estimate of drug-likeness (QED) is 0.324. The minimum atomic E-state index is 0.370. The molecule has 3 rings (SSSR count). The summed E-state index contributed by atoms with van der Waals surface area (Å²) in [6.45, 7) is 1.28. The van der Waals surface area contributed by atoms with Crippen molar-refractivity contribution in [3.8, 4) is 11.8 Å². The average Bonchev–Trinajstić information content (AvgIpc) is 3.09. The number of para-hydroxylation sites is 1. The molecule has 0 spiro atoms. The SMILES string of the molecule is CN=C(NCCCc1nn(-c2ccccc2)c(N)c1C#N)NCc1ccccn1. The van der Waals surface area contributed by atoms with E-state index in [1.165, 1.54) is 0 Å². The molecule has 0 radical (unpaired) electrons. The zero-order valence-electron chi connectivity index (χ0n) is 16.3. The smallest absolute Gasteiger partial charge is 0.191 e. The maximum absolute atomic E-state index is 9.49. The number of nitrogens with one attached hydrogen (secondary N) is 2. The zero-order valence-corrected chi connectivity index (χ0v) is 16.3. The van der Waals surface area contributed by atoms with Crippen LogP contribution in [-0.2, 0) is 13.0 Å². The van der Waals surface area contributed by atoms with Crippen LogP contribution >= 0.6 is 0 Å². The van der Waals surface area contributed by atoms with Crippen LogP contribution in [0.1, 0.15) is 23.4 Å². The molecule has 4 N–H and O–H groups in total. The summed E-state index contributed by atoms with van der Waals surface area (Å²) >= 11 is 0. The lowest BCUT2D eigenvalue weighted by Gasteiger charge is -2.11. The Bertz CT molecular complexity index is 987. The van der Waals surface area contributed by atoms with E-state index in [9.17, 15) is 5.26 Å². The van der Waals surface area contributed by atoms with E-state index in [4.69, 9.17) is 5.73 Å². The monoisotopic (exact) mass is 388 g/mol. The van der Waals surface area contributed by atoms with Crippen LogP contribution < -0.4 is 16.4 Å². The van der Waals surface area contributed by atoms with Crippen molar-refractivity contribution >= 4 is 11.8 Å². The molecule has 8 heteroatoms. The number of benzene rings is 1. The lowest BCUT2D eigenvalue weighted by molar-refractivity contribution is 0.719. The van der Waals surface area contributed by atoms with E-state index in [2.05, 4.69) is 31.8 Å². The van der Waals surface area contributed by atoms with E-state index in [1.54, 1.807) is 17.9 Å². The molecule has 0 aliphatic carbocycles. The number of aryl methyl sites for hydroxylation is 1. The molecule has 0 saturated heterocycles. The van der Waals surface area contributed by atoms with Crippen LogP contribution in [-0.4, -0.2) is 34.3 Å². The summed E-state index contributed by atoms with van der Waals surface area (Å²) < 4.78 is 1.62. The number of aliphatic imine (C=N–C) groups is 1. The van der Waals surface area contributed by atoms with E-state index in [-0.39, 0.29) is 0 Å². The molecule has 3 aromatic rings. The summed E-state index contributed by atoms with van der Waals surface area (Å²) in [5.41, 5.74) is 9.06. The van der Waals surface area contributed by atoms with Gasteiger partial charge in [0.2, 0.25) is 0 Å². The molecule has 0 unspecified atom stereocenters. The van der Waals surface area contributed by atoms with Gasteiger partial charge >= 0.3 is 0 Å². The highest BCUT2D eigenvalue weighted by Gasteiger charge is 2.16. The van der Waals surface area contributed by atoms with Crippen LogP contribution in [0.2, 0.25) is 0 Å². The first-order chi connectivity index (χ1) is 14.2. The number of rotatable bonds is 7. The number of nitrogens with two attached hydrogens (primary N) is 1. The minimum Gasteiger partial charge on any atom is -0.382 e. The Morgan fingerprint density at radius 2 is 1.97 bits per heavy atom. The number of nitrogens with zero attached hydrogens (tertiary/aromatic N) is 5. The van der Waals surface area contributed by atoms with Crippen molar-refractivity contribution in [2.75, 3.05) is 19.3 Å². The first-order valence-electron chi connectivity index (χ1n) is 9.40. The highest BCUT2D eigenvalue weighted by Crippen LogP contribution is 2.21. The number of hydrogen-bond acceptors (Lipinski definition) is 5. The lowest BCUT2D eigenvalue weighted by atomic mass is 10.1. The summed E-state index contributed by atoms with van der Waals surface area (Å²) in [6.07, 6.45) is 3.18. The van der Waals surface area contributed by atoms with Gasteiger partial charge in [0.1, 0.15) is 17.5 Å². The van der Waals surface area contributed by atoms with Crippen LogP contribution in [0.15, 0.2) is 59.7 Å². The van der Waals surface area contributed by atoms with Crippen LogP contribution in [0.4, 0.5) is 5.82 Å². The Morgan fingerprint density at radius 1 is 1.17 bits per heavy atom. The Hall–Kier alpha value is -3.86. The Kier molecular flexibility index (Phi) is 6.79. The van der Waals surface area contributed by atoms with Crippen molar-refractivity contribution in [3.05, 3.63) is 71.7 Å². The molecule has 2 heterocycles. The molecule has 0 fully saturated rings. The van der Waals surface area contributed by atoms with Gasteiger partial charge in [-0.15, -0.1) is 0 Å². The maximum atomic E-state index is 9.49. The number of guanidine groups is 1. The van der Waals surface area contributed by atoms with E-state index in [0.717, 1.165) is 17.8 Å². The van der Waals surface area contributed by atoms with E-state index < -0.39 is 0 Å². The molecule has 0 saturated carbocycles. The third-order valence-corrected chi connectivity index (χ3v) is 4.38. The maximum Gasteiger partial charge on any atom is 0.191 e. The molecule has 0 aliphatic heterocycles. The molecule has 0 atom stereocenters. The predicted octanol–water partition coefficient (Wildman–Crippen LogP) is 2.02. The fourth-order valence-electron chi connectivity index (χ4n) is 2.90. The highest BCUT2D eigenvalue weighted by molar-refractivity contribution is 5.79. The van der Waals surface area contributed by atoms with Crippen molar-refractivity contribution in [1.29, 1.82) is 5.26 Å². The molecular weight excluding hydrogens is 364 g/mol. The first kappa shape index (κ1) is 19.9. The number of aromatic nitrogens is 3. The summed E-state index contributed by atoms with van der Waals surface area (Å²) in [7, 11) is 1.73. The van der Waals surface area contributed by atoms with Crippen LogP contribution in [0, 0.1) is 11.3 Å². The average molecular weight is 388 g/mol. The zero-order chi connectivity index (χ0) is 20.5. The minimum absolute atomic E-state index is 0.370. The van der Waals surface area contributed by atoms with Crippen LogP contribution in [0.5, 0.6) is 0 Å². The van der Waals surface area contributed by atoms with Crippen molar-refractivity contribution in [2.45, 2.75) is 19.4 Å². The molecule has 0 amide bonds. The molecule has 8 nitrogen and oxygen atoms in total. The van der Waals surface area contributed by atoms with Crippen molar-refractivity contribution < 1.29 is 0 Å². The van der Waals surface area contributed by atoms with Crippen LogP contribution in [0.25, 0.3) is 5.69 Å². The second kappa shape index (κ2) is 9.90.